The second-order valence-electron chi connectivity index (χ2n) is 8.54. The Balaban J connectivity index is 2.00. The van der Waals surface area contributed by atoms with E-state index in [0.29, 0.717) is 11.8 Å². The summed E-state index contributed by atoms with van der Waals surface area (Å²) in [7, 11) is 0. The van der Waals surface area contributed by atoms with Gasteiger partial charge < -0.3 is 0 Å². The monoisotopic (exact) mass is 398 g/mol. The fourth-order valence-electron chi connectivity index (χ4n) is 4.54. The number of fused-ring (bicyclic) bond motifs is 6. The third-order valence-electron chi connectivity index (χ3n) is 5.89. The molecule has 0 N–H and O–H groups in total. The van der Waals surface area contributed by atoms with Crippen molar-refractivity contribution >= 4 is 38.0 Å². The molecule has 0 unspecified atom stereocenters. The summed E-state index contributed by atoms with van der Waals surface area (Å²) in [6.45, 7) is 11.3. The van der Waals surface area contributed by atoms with Crippen LogP contribution in [0.5, 0.6) is 0 Å². The Kier molecular flexibility index (Phi) is 4.25. The van der Waals surface area contributed by atoms with Gasteiger partial charge in [0.25, 0.3) is 0 Å². The molecule has 0 fully saturated rings. The molecule has 29 heavy (non-hydrogen) atoms. The van der Waals surface area contributed by atoms with E-state index in [9.17, 15) is 0 Å². The first-order valence-corrected chi connectivity index (χ1v) is 11.2. The van der Waals surface area contributed by atoms with E-state index >= 15 is 0 Å². The molecule has 0 amide bonds. The van der Waals surface area contributed by atoms with Gasteiger partial charge in [-0.05, 0) is 41.3 Å². The Hall–Kier alpha value is -2.65. The van der Waals surface area contributed by atoms with Gasteiger partial charge in [0, 0.05) is 21.2 Å². The maximum atomic E-state index is 4.95. The van der Waals surface area contributed by atoms with E-state index < -0.39 is 0 Å². The molecule has 2 aromatic carbocycles. The van der Waals surface area contributed by atoms with Crippen molar-refractivity contribution < 1.29 is 0 Å². The Morgan fingerprint density at radius 3 is 2.14 bits per heavy atom. The van der Waals surface area contributed by atoms with E-state index in [2.05, 4.69) is 93.7 Å². The van der Waals surface area contributed by atoms with Gasteiger partial charge in [0.05, 0.1) is 11.9 Å². The van der Waals surface area contributed by atoms with Crippen molar-refractivity contribution in [3.63, 3.8) is 0 Å². The van der Waals surface area contributed by atoms with Crippen molar-refractivity contribution in [1.29, 1.82) is 0 Å². The normalized spacial score (nSPS) is 12.2. The molecule has 0 atom stereocenters. The number of rotatable bonds is 3. The van der Waals surface area contributed by atoms with Crippen molar-refractivity contribution in [2.75, 3.05) is 0 Å². The third-order valence-corrected chi connectivity index (χ3v) is 6.92. The first kappa shape index (κ1) is 18.4. The zero-order valence-corrected chi connectivity index (χ0v) is 18.5. The Morgan fingerprint density at radius 2 is 1.48 bits per heavy atom. The number of hydrogen-bond acceptors (Lipinski definition) is 2. The quantitative estimate of drug-likeness (QED) is 0.302. The van der Waals surface area contributed by atoms with Gasteiger partial charge in [-0.1, -0.05) is 70.2 Å². The van der Waals surface area contributed by atoms with Gasteiger partial charge >= 0.3 is 0 Å². The van der Waals surface area contributed by atoms with Crippen LogP contribution in [0.1, 0.15) is 55.5 Å². The maximum absolute atomic E-state index is 4.95. The van der Waals surface area contributed by atoms with Gasteiger partial charge in [-0.2, -0.15) is 0 Å². The maximum Gasteiger partial charge on any atom is 0.146 e. The number of aryl methyl sites for hydroxylation is 1. The molecule has 0 bridgehead atoms. The molecule has 0 aliphatic rings. The van der Waals surface area contributed by atoms with Crippen LogP contribution in [0, 0.1) is 6.92 Å². The predicted molar refractivity (Wildman–Crippen MR) is 126 cm³/mol. The Labute approximate surface area is 175 Å². The zero-order valence-electron chi connectivity index (χ0n) is 17.7. The Bertz CT molecular complexity index is 1340. The van der Waals surface area contributed by atoms with Crippen LogP contribution >= 0.6 is 11.3 Å². The van der Waals surface area contributed by atoms with Crippen LogP contribution in [0.3, 0.4) is 0 Å². The lowest BCUT2D eigenvalue weighted by Crippen LogP contribution is -2.02. The van der Waals surface area contributed by atoms with Crippen LogP contribution in [0.4, 0.5) is 0 Å². The summed E-state index contributed by atoms with van der Waals surface area (Å²) in [6.07, 6.45) is 2.09. The molecule has 3 heterocycles. The molecule has 0 aliphatic carbocycles. The zero-order chi connectivity index (χ0) is 20.3. The van der Waals surface area contributed by atoms with Crippen molar-refractivity contribution in [3.05, 3.63) is 70.7 Å². The lowest BCUT2D eigenvalue weighted by atomic mass is 9.87. The number of benzene rings is 2. The molecular formula is C26H26N2S. The molecule has 0 saturated carbocycles. The fraction of sp³-hybridized carbons (Fsp3) is 0.269. The van der Waals surface area contributed by atoms with Gasteiger partial charge in [-0.15, -0.1) is 11.3 Å². The molecule has 0 spiro atoms. The molecule has 0 radical (unpaired) electrons. The first-order chi connectivity index (χ1) is 14.0. The largest absolute Gasteiger partial charge is 0.283 e. The summed E-state index contributed by atoms with van der Waals surface area (Å²) in [5.74, 6) is 0.908. The molecule has 5 rings (SSSR count). The summed E-state index contributed by atoms with van der Waals surface area (Å²) >= 11 is 1.86. The van der Waals surface area contributed by atoms with Crippen LogP contribution < -0.4 is 0 Å². The van der Waals surface area contributed by atoms with Crippen LogP contribution in [0.15, 0.2) is 54.7 Å². The topological polar surface area (TPSA) is 17.3 Å². The van der Waals surface area contributed by atoms with Crippen molar-refractivity contribution in [1.82, 2.24) is 9.38 Å². The number of thiophene rings is 1. The van der Waals surface area contributed by atoms with E-state index in [1.807, 2.05) is 11.3 Å². The highest BCUT2D eigenvalue weighted by Gasteiger charge is 2.21. The smallest absolute Gasteiger partial charge is 0.146 e. The summed E-state index contributed by atoms with van der Waals surface area (Å²) in [4.78, 5) is 7.57. The van der Waals surface area contributed by atoms with Crippen molar-refractivity contribution in [3.8, 4) is 11.3 Å². The number of hydrogen-bond donors (Lipinski definition) is 0. The average Bonchev–Trinajstić information content (AvgIpc) is 3.30. The predicted octanol–water partition coefficient (Wildman–Crippen LogP) is 7.92. The Morgan fingerprint density at radius 1 is 0.828 bits per heavy atom. The second kappa shape index (κ2) is 6.70. The fourth-order valence-corrected chi connectivity index (χ4v) is 5.58. The highest BCUT2D eigenvalue weighted by molar-refractivity contribution is 7.18. The van der Waals surface area contributed by atoms with Gasteiger partial charge in [-0.25, -0.2) is 4.98 Å². The van der Waals surface area contributed by atoms with E-state index in [4.69, 9.17) is 4.98 Å². The van der Waals surface area contributed by atoms with Crippen LogP contribution in [0.2, 0.25) is 0 Å². The highest BCUT2D eigenvalue weighted by Crippen LogP contribution is 2.41. The lowest BCUT2D eigenvalue weighted by molar-refractivity contribution is 0.836. The molecule has 2 nitrogen and oxygen atoms in total. The van der Waals surface area contributed by atoms with Gasteiger partial charge in [0.2, 0.25) is 0 Å². The minimum absolute atomic E-state index is 0.454. The number of nitrogens with zero attached hydrogens (tertiary/aromatic N) is 2. The van der Waals surface area contributed by atoms with Crippen molar-refractivity contribution in [2.45, 2.75) is 46.5 Å². The second-order valence-corrected chi connectivity index (χ2v) is 9.78. The van der Waals surface area contributed by atoms with Crippen LogP contribution in [0.25, 0.3) is 37.9 Å². The highest BCUT2D eigenvalue weighted by atomic mass is 32.1. The molecule has 3 aromatic heterocycles. The molecular weight excluding hydrogens is 372 g/mol. The average molecular weight is 399 g/mol. The third kappa shape index (κ3) is 2.71. The van der Waals surface area contributed by atoms with Gasteiger partial charge in [0.1, 0.15) is 10.5 Å². The molecule has 0 saturated heterocycles. The number of pyridine rings is 1. The van der Waals surface area contributed by atoms with E-state index in [0.717, 1.165) is 5.65 Å². The summed E-state index contributed by atoms with van der Waals surface area (Å²) in [5.41, 5.74) is 6.41. The summed E-state index contributed by atoms with van der Waals surface area (Å²) in [5, 5.41) is 3.83. The van der Waals surface area contributed by atoms with Gasteiger partial charge in [0.15, 0.2) is 0 Å². The van der Waals surface area contributed by atoms with E-state index in [1.54, 1.807) is 0 Å². The van der Waals surface area contributed by atoms with E-state index in [-0.39, 0.29) is 0 Å². The van der Waals surface area contributed by atoms with Crippen LogP contribution in [-0.2, 0) is 0 Å². The minimum Gasteiger partial charge on any atom is -0.283 e. The molecule has 0 aliphatic heterocycles. The van der Waals surface area contributed by atoms with Crippen molar-refractivity contribution in [2.24, 2.45) is 0 Å². The lowest BCUT2D eigenvalue weighted by Gasteiger charge is -2.20. The first-order valence-electron chi connectivity index (χ1n) is 10.4. The molecule has 3 heteroatoms. The number of imidazole rings is 1. The molecule has 146 valence electrons. The molecule has 5 aromatic rings. The minimum atomic E-state index is 0.454. The SMILES string of the molecule is Cc1cc2c3ccccc3c3ncc(-c4c(C(C)C)cccc4C(C)C)n3c2s1. The summed E-state index contributed by atoms with van der Waals surface area (Å²) < 4.78 is 2.41. The standard InChI is InChI=1S/C26H26N2S/c1-15(2)18-11-8-12-19(16(3)4)24(18)23-14-27-25-21-10-7-6-9-20(21)22-13-17(5)29-26(22)28(23)25/h6-16H,1-5H3. The van der Waals surface area contributed by atoms with Crippen LogP contribution in [-0.4, -0.2) is 9.38 Å². The summed E-state index contributed by atoms with van der Waals surface area (Å²) in [6, 6.07) is 17.8. The van der Waals surface area contributed by atoms with Gasteiger partial charge in [-0.3, -0.25) is 4.40 Å². The number of aromatic nitrogens is 2. The van der Waals surface area contributed by atoms with E-state index in [1.165, 1.54) is 48.3 Å².